The van der Waals surface area contributed by atoms with E-state index in [2.05, 4.69) is 11.1 Å². The van der Waals surface area contributed by atoms with E-state index in [0.29, 0.717) is 0 Å². The van der Waals surface area contributed by atoms with E-state index >= 15 is 0 Å². The Bertz CT molecular complexity index is 52.0. The van der Waals surface area contributed by atoms with Gasteiger partial charge >= 0.3 is 0 Å². The predicted octanol–water partition coefficient (Wildman–Crippen LogP) is -0.454. The second-order valence-electron chi connectivity index (χ2n) is 0.807. The molecule has 4 heteroatoms. The molecule has 0 aromatic heterocycles. The molecule has 0 atom stereocenters. The number of carbonyl (C=O) groups is 1. The summed E-state index contributed by atoms with van der Waals surface area (Å²) >= 11 is 5.04. The molecule has 50 valence electrons. The number of hydrogen-bond acceptors (Lipinski definition) is 2. The molecule has 0 saturated carbocycles. The molecule has 0 heterocycles. The topological polar surface area (TPSA) is 55.1 Å². The first-order valence-corrected chi connectivity index (χ1v) is 2.69. The molecule has 0 aliphatic carbocycles. The monoisotopic (exact) mass is 138 g/mol. The van der Waals surface area contributed by atoms with Crippen molar-refractivity contribution < 1.29 is 4.79 Å². The van der Waals surface area contributed by atoms with E-state index in [9.17, 15) is 4.79 Å². The average Bonchev–Trinajstić information content (AvgIpc) is 1.91. The highest BCUT2D eigenvalue weighted by Crippen LogP contribution is 1.68. The lowest BCUT2D eigenvalue weighted by Crippen LogP contribution is -2.18. The van der Waals surface area contributed by atoms with Gasteiger partial charge in [0.15, 0.2) is 0 Å². The number of amides is 1. The van der Waals surface area contributed by atoms with Gasteiger partial charge < -0.3 is 11.1 Å². The van der Waals surface area contributed by atoms with Crippen LogP contribution >= 0.6 is 11.6 Å². The Kier molecular flexibility index (Phi) is 13.1. The van der Waals surface area contributed by atoms with E-state index in [-0.39, 0.29) is 11.8 Å². The Morgan fingerprint density at radius 3 is 2.12 bits per heavy atom. The second kappa shape index (κ2) is 9.87. The van der Waals surface area contributed by atoms with Gasteiger partial charge in [-0.1, -0.05) is 0 Å². The largest absolute Gasteiger partial charge is 0.358 e. The Balaban J connectivity index is 0. The van der Waals surface area contributed by atoms with Crippen LogP contribution in [0.2, 0.25) is 0 Å². The summed E-state index contributed by atoms with van der Waals surface area (Å²) in [5.74, 6) is -0.0899. The molecule has 0 aliphatic heterocycles. The van der Waals surface area contributed by atoms with Gasteiger partial charge in [0.1, 0.15) is 5.88 Å². The molecule has 0 fully saturated rings. The van der Waals surface area contributed by atoms with Crippen molar-refractivity contribution in [3.8, 4) is 0 Å². The van der Waals surface area contributed by atoms with Crippen LogP contribution in [0.15, 0.2) is 0 Å². The molecule has 3 nitrogen and oxygen atoms in total. The van der Waals surface area contributed by atoms with Gasteiger partial charge in [-0.15, -0.1) is 11.6 Å². The van der Waals surface area contributed by atoms with Crippen LogP contribution in [0, 0.1) is 0 Å². The number of rotatable bonds is 1. The molecule has 0 aliphatic rings. The minimum atomic E-state index is -0.142. The Morgan fingerprint density at radius 2 is 2.12 bits per heavy atom. The van der Waals surface area contributed by atoms with Crippen LogP contribution < -0.4 is 11.1 Å². The van der Waals surface area contributed by atoms with Crippen LogP contribution in [0.1, 0.15) is 0 Å². The van der Waals surface area contributed by atoms with Gasteiger partial charge in [0.25, 0.3) is 0 Å². The maximum absolute atomic E-state index is 9.94. The highest BCUT2D eigenvalue weighted by Gasteiger charge is 1.86. The summed E-state index contributed by atoms with van der Waals surface area (Å²) in [6.07, 6.45) is 0. The van der Waals surface area contributed by atoms with Crippen molar-refractivity contribution in [1.29, 1.82) is 0 Å². The second-order valence-corrected chi connectivity index (χ2v) is 1.07. The average molecular weight is 139 g/mol. The highest BCUT2D eigenvalue weighted by atomic mass is 35.5. The molecule has 0 rings (SSSR count). The van der Waals surface area contributed by atoms with Crippen molar-refractivity contribution in [3.05, 3.63) is 0 Å². The summed E-state index contributed by atoms with van der Waals surface area (Å²) in [5, 5.41) is 2.34. The van der Waals surface area contributed by atoms with E-state index in [4.69, 9.17) is 11.6 Å². The highest BCUT2D eigenvalue weighted by molar-refractivity contribution is 6.27. The third kappa shape index (κ3) is 9.21. The summed E-state index contributed by atoms with van der Waals surface area (Å²) in [4.78, 5) is 9.94. The quantitative estimate of drug-likeness (QED) is 0.482. The van der Waals surface area contributed by atoms with Crippen molar-refractivity contribution in [2.45, 2.75) is 0 Å². The van der Waals surface area contributed by atoms with Crippen LogP contribution in [0.25, 0.3) is 0 Å². The fourth-order valence-electron chi connectivity index (χ4n) is 0.0668. The van der Waals surface area contributed by atoms with E-state index in [1.54, 1.807) is 7.05 Å². The molecule has 3 N–H and O–H groups in total. The lowest BCUT2D eigenvalue weighted by atomic mass is 10.7. The number of halogens is 1. The molecule has 0 saturated heterocycles. The summed E-state index contributed by atoms with van der Waals surface area (Å²) in [6.45, 7) is 0. The number of carbonyl (C=O) groups excluding carboxylic acids is 1. The Labute approximate surface area is 54.2 Å². The standard InChI is InChI=1S/C3H6ClNO.CH5N/c1-5-3(6)2-4;1-2/h2H2,1H3,(H,5,6);2H2,1H3. The van der Waals surface area contributed by atoms with Crippen molar-refractivity contribution >= 4 is 17.5 Å². The van der Waals surface area contributed by atoms with Crippen LogP contribution in [-0.2, 0) is 4.79 Å². The summed E-state index contributed by atoms with van der Waals surface area (Å²) in [5.41, 5.74) is 4.50. The third-order valence-corrected chi connectivity index (χ3v) is 0.643. The number of alkyl halides is 1. The van der Waals surface area contributed by atoms with Gasteiger partial charge in [-0.2, -0.15) is 0 Å². The fourth-order valence-corrected chi connectivity index (χ4v) is 0.200. The zero-order valence-electron chi connectivity index (χ0n) is 5.07. The molecule has 0 unspecified atom stereocenters. The van der Waals surface area contributed by atoms with Crippen molar-refractivity contribution in [2.24, 2.45) is 5.73 Å². The van der Waals surface area contributed by atoms with Crippen molar-refractivity contribution in [3.63, 3.8) is 0 Å². The minimum absolute atomic E-state index is 0.0521. The molecule has 0 radical (unpaired) electrons. The lowest BCUT2D eigenvalue weighted by molar-refractivity contribution is -0.118. The predicted molar refractivity (Wildman–Crippen MR) is 34.9 cm³/mol. The third-order valence-electron chi connectivity index (χ3n) is 0.400. The number of hydrogen-bond donors (Lipinski definition) is 2. The van der Waals surface area contributed by atoms with Crippen LogP contribution in [0.5, 0.6) is 0 Å². The first-order valence-electron chi connectivity index (χ1n) is 2.15. The smallest absolute Gasteiger partial charge is 0.234 e. The normalized spacial score (nSPS) is 6.50. The maximum atomic E-state index is 9.94. The molecule has 0 aromatic rings. The zero-order valence-corrected chi connectivity index (χ0v) is 5.83. The van der Waals surface area contributed by atoms with Gasteiger partial charge in [0, 0.05) is 7.05 Å². The number of nitrogens with two attached hydrogens (primary N) is 1. The zero-order chi connectivity index (χ0) is 6.99. The maximum Gasteiger partial charge on any atom is 0.234 e. The molecular formula is C4H11ClN2O. The van der Waals surface area contributed by atoms with Gasteiger partial charge in [0.05, 0.1) is 0 Å². The van der Waals surface area contributed by atoms with Gasteiger partial charge in [-0.05, 0) is 7.05 Å². The molecule has 0 aromatic carbocycles. The van der Waals surface area contributed by atoms with Crippen LogP contribution in [0.4, 0.5) is 0 Å². The first-order chi connectivity index (χ1) is 3.81. The van der Waals surface area contributed by atoms with E-state index in [1.165, 1.54) is 7.05 Å². The molecule has 0 spiro atoms. The molecule has 0 bridgehead atoms. The SMILES string of the molecule is CN.CNC(=O)CCl. The van der Waals surface area contributed by atoms with Gasteiger partial charge in [-0.25, -0.2) is 0 Å². The van der Waals surface area contributed by atoms with Crippen molar-refractivity contribution in [2.75, 3.05) is 20.0 Å². The summed E-state index contributed by atoms with van der Waals surface area (Å²) < 4.78 is 0. The molecule has 8 heavy (non-hydrogen) atoms. The van der Waals surface area contributed by atoms with Crippen LogP contribution in [0.3, 0.4) is 0 Å². The van der Waals surface area contributed by atoms with Gasteiger partial charge in [0.2, 0.25) is 5.91 Å². The van der Waals surface area contributed by atoms with Gasteiger partial charge in [-0.3, -0.25) is 4.79 Å². The molecular weight excluding hydrogens is 128 g/mol. The first kappa shape index (κ1) is 10.7. The van der Waals surface area contributed by atoms with E-state index in [0.717, 1.165) is 0 Å². The Hall–Kier alpha value is -0.280. The van der Waals surface area contributed by atoms with Crippen LogP contribution in [-0.4, -0.2) is 25.9 Å². The fraction of sp³-hybridized carbons (Fsp3) is 0.750. The van der Waals surface area contributed by atoms with E-state index < -0.39 is 0 Å². The lowest BCUT2D eigenvalue weighted by Gasteiger charge is -1.85. The number of nitrogens with one attached hydrogen (secondary N) is 1. The molecule has 1 amide bonds. The Morgan fingerprint density at radius 1 is 1.75 bits per heavy atom. The van der Waals surface area contributed by atoms with E-state index in [1.807, 2.05) is 0 Å². The minimum Gasteiger partial charge on any atom is -0.358 e. The van der Waals surface area contributed by atoms with Crippen molar-refractivity contribution in [1.82, 2.24) is 5.32 Å². The summed E-state index contributed by atoms with van der Waals surface area (Å²) in [7, 11) is 3.05. The summed E-state index contributed by atoms with van der Waals surface area (Å²) in [6, 6.07) is 0.